The molecule has 6 bridgehead atoms. The monoisotopic (exact) mass is 1020 g/mol. The van der Waals surface area contributed by atoms with Gasteiger partial charge in [-0.15, -0.1) is 5.10 Å². The van der Waals surface area contributed by atoms with Crippen LogP contribution in [-0.2, 0) is 49.3 Å². The highest BCUT2D eigenvalue weighted by Gasteiger charge is 2.37. The van der Waals surface area contributed by atoms with Crippen molar-refractivity contribution in [2.45, 2.75) is 136 Å². The Balaban J connectivity index is 1.44. The lowest BCUT2D eigenvalue weighted by Gasteiger charge is -2.34. The zero-order valence-electron chi connectivity index (χ0n) is 44.0. The lowest BCUT2D eigenvalue weighted by atomic mass is 9.84. The number of amides is 2. The molecule has 0 saturated heterocycles. The van der Waals surface area contributed by atoms with Gasteiger partial charge in [0.2, 0.25) is 24.1 Å². The highest BCUT2D eigenvalue weighted by Crippen LogP contribution is 2.39. The molecule has 402 valence electrons. The second-order valence-corrected chi connectivity index (χ2v) is 19.3. The molecule has 2 amide bonds. The molecule has 0 aliphatic carbocycles. The quantitative estimate of drug-likeness (QED) is 0.0697. The topological polar surface area (TPSA) is 288 Å². The van der Waals surface area contributed by atoms with Gasteiger partial charge >= 0.3 is 12.1 Å². The maximum atomic E-state index is 14.2. The first-order valence-electron chi connectivity index (χ1n) is 24.7. The lowest BCUT2D eigenvalue weighted by Crippen LogP contribution is -2.39. The van der Waals surface area contributed by atoms with E-state index in [4.69, 9.17) is 58.1 Å². The molecule has 22 nitrogen and oxygen atoms in total. The molecule has 13 atom stereocenters. The number of ether oxygens (including phenoxy) is 6. The number of esters is 1. The average Bonchev–Trinajstić information content (AvgIpc) is 4.22. The minimum Gasteiger partial charge on any atom is -0.462 e. The zero-order chi connectivity index (χ0) is 53.4. The molecule has 0 saturated carbocycles. The highest BCUT2D eigenvalue weighted by atomic mass is 16.6. The third-order valence-electron chi connectivity index (χ3n) is 13.9. The molecule has 0 fully saturated rings. The van der Waals surface area contributed by atoms with Crippen molar-refractivity contribution in [3.63, 3.8) is 0 Å². The summed E-state index contributed by atoms with van der Waals surface area (Å²) in [5, 5.41) is 8.69. The van der Waals surface area contributed by atoms with Crippen LogP contribution >= 0.6 is 0 Å². The van der Waals surface area contributed by atoms with E-state index in [9.17, 15) is 19.2 Å². The number of nitrogens with zero attached hydrogens (tertiary/aromatic N) is 7. The molecule has 5 heterocycles. The molecule has 0 radical (unpaired) electrons. The zero-order valence-corrected chi connectivity index (χ0v) is 44.0. The molecule has 0 aromatic carbocycles. The molecule has 0 spiro atoms. The number of primary amides is 1. The Hall–Kier alpha value is -6.07. The fourth-order valence-corrected chi connectivity index (χ4v) is 9.61. The van der Waals surface area contributed by atoms with Crippen molar-refractivity contribution in [2.24, 2.45) is 47.0 Å². The van der Waals surface area contributed by atoms with Crippen LogP contribution in [0.1, 0.15) is 116 Å². The van der Waals surface area contributed by atoms with Crippen molar-refractivity contribution in [1.82, 2.24) is 34.8 Å². The second kappa shape index (κ2) is 27.8. The standard InChI is InChI=1S/C51H75N9O13/c1-29-19-36(72-51(53)64)21-46(63)73-44(22-43(66-9)30(2)15-16-41(62)33(5)47(67-10)31(3)17-18-59(7)28-61)34(6)42(65-8)13-12-14-45-54-38(26-69-45)49-56-39(27-71-49)50-55-37(25-70-50)48(68-11)32(4)40(20-29)60-24-35(23-52)57-58-60/h12,14,17-18,24-34,36,40,42-44,47-48H,13,15-16,19-23,52H2,1-11H3,(H2,53,64)/b14-12?,18-17+/t29-,30-,31+,32-,33-,34+,36?,40+,42-,43+,44-,47+,48+/m0/s1. The molecular formula is C51H75N9O13. The van der Waals surface area contributed by atoms with Crippen molar-refractivity contribution in [3.05, 3.63) is 60.6 Å². The van der Waals surface area contributed by atoms with Crippen LogP contribution in [0.5, 0.6) is 0 Å². The Bertz CT molecular complexity index is 2410. The second-order valence-electron chi connectivity index (χ2n) is 19.3. The summed E-state index contributed by atoms with van der Waals surface area (Å²) in [6.45, 7) is 11.8. The SMILES string of the molecule is CO[C@H]([C@H](C)/C=C/N(C)C=O)[C@@H](C)C(=O)CC[C@H](C)[C@@H](C[C@@H]1OC(=O)CC(OC(N)=O)C[C@H](C)C[C@@H](n2cc(CN)nn2)[C@H](C)[C@@H](OC)c2coc(n2)-c2coc(n2)-c2coc(n2)C=CC[C@H](OC)[C@H]1C)OC. The van der Waals surface area contributed by atoms with E-state index in [0.717, 1.165) is 0 Å². The molecule has 73 heavy (non-hydrogen) atoms. The van der Waals surface area contributed by atoms with E-state index in [1.165, 1.54) is 23.7 Å². The molecule has 22 heteroatoms. The fourth-order valence-electron chi connectivity index (χ4n) is 9.61. The van der Waals surface area contributed by atoms with Crippen LogP contribution in [0.3, 0.4) is 0 Å². The number of Topliss-reactive ketones (excluding diaryl/α,β-unsaturated/α-hetero) is 1. The summed E-state index contributed by atoms with van der Waals surface area (Å²) in [7, 11) is 7.95. The largest absolute Gasteiger partial charge is 0.462 e. The van der Waals surface area contributed by atoms with Gasteiger partial charge in [-0.1, -0.05) is 58.9 Å². The van der Waals surface area contributed by atoms with E-state index < -0.39 is 60.5 Å². The number of hydrogen-bond acceptors (Lipinski definition) is 19. The third-order valence-corrected chi connectivity index (χ3v) is 13.9. The first-order valence-corrected chi connectivity index (χ1v) is 24.7. The minimum absolute atomic E-state index is 0.0197. The number of aromatic nitrogens is 6. The lowest BCUT2D eigenvalue weighted by molar-refractivity contribution is -0.160. The minimum atomic E-state index is -1.04. The van der Waals surface area contributed by atoms with Gasteiger partial charge in [0.1, 0.15) is 48.6 Å². The van der Waals surface area contributed by atoms with Gasteiger partial charge in [-0.3, -0.25) is 14.4 Å². The van der Waals surface area contributed by atoms with E-state index in [-0.39, 0.29) is 85.4 Å². The van der Waals surface area contributed by atoms with Crippen LogP contribution in [0.2, 0.25) is 0 Å². The van der Waals surface area contributed by atoms with E-state index in [1.807, 2.05) is 53.7 Å². The predicted octanol–water partition coefficient (Wildman–Crippen LogP) is 7.13. The van der Waals surface area contributed by atoms with E-state index in [1.54, 1.807) is 58.6 Å². The van der Waals surface area contributed by atoms with Crippen LogP contribution in [0.25, 0.3) is 29.2 Å². The maximum Gasteiger partial charge on any atom is 0.404 e. The molecule has 1 aliphatic heterocycles. The van der Waals surface area contributed by atoms with Crippen LogP contribution in [-0.4, -0.2) is 125 Å². The van der Waals surface area contributed by atoms with Gasteiger partial charge in [-0.25, -0.2) is 24.4 Å². The summed E-state index contributed by atoms with van der Waals surface area (Å²) < 4.78 is 55.1. The number of oxazole rings is 3. The highest BCUT2D eigenvalue weighted by molar-refractivity contribution is 5.81. The predicted molar refractivity (Wildman–Crippen MR) is 265 cm³/mol. The summed E-state index contributed by atoms with van der Waals surface area (Å²) in [4.78, 5) is 66.7. The van der Waals surface area contributed by atoms with Gasteiger partial charge in [0.25, 0.3) is 0 Å². The summed E-state index contributed by atoms with van der Waals surface area (Å²) in [6, 6.07) is -0.372. The molecular weight excluding hydrogens is 947 g/mol. The fraction of sp³-hybridized carbons (Fsp3) is 0.627. The Morgan fingerprint density at radius 2 is 1.66 bits per heavy atom. The Labute approximate surface area is 426 Å². The van der Waals surface area contributed by atoms with E-state index >= 15 is 0 Å². The number of methoxy groups -OCH3 is 4. The number of hydrogen-bond donors (Lipinski definition) is 2. The van der Waals surface area contributed by atoms with Gasteiger partial charge in [0.05, 0.1) is 42.7 Å². The molecule has 1 aliphatic rings. The summed E-state index contributed by atoms with van der Waals surface area (Å²) in [6.07, 6.45) is 10.9. The molecule has 4 aromatic rings. The summed E-state index contributed by atoms with van der Waals surface area (Å²) in [5.41, 5.74) is 13.3. The van der Waals surface area contributed by atoms with E-state index in [2.05, 4.69) is 20.3 Å². The van der Waals surface area contributed by atoms with Crippen LogP contribution in [0.15, 0.2) is 56.6 Å². The summed E-state index contributed by atoms with van der Waals surface area (Å²) >= 11 is 0. The number of nitrogens with two attached hydrogens (primary N) is 2. The molecule has 4 aromatic heterocycles. The molecule has 1 unspecified atom stereocenters. The number of rotatable bonds is 19. The van der Waals surface area contributed by atoms with Crippen LogP contribution < -0.4 is 11.5 Å². The van der Waals surface area contributed by atoms with E-state index in [0.29, 0.717) is 48.4 Å². The van der Waals surface area contributed by atoms with Crippen molar-refractivity contribution in [2.75, 3.05) is 35.5 Å². The summed E-state index contributed by atoms with van der Waals surface area (Å²) in [5.74, 6) is -1.61. The molecule has 5 rings (SSSR count). The third kappa shape index (κ3) is 16.0. The first kappa shape index (κ1) is 57.8. The first-order chi connectivity index (χ1) is 34.9. The average molecular weight is 1020 g/mol. The number of ketones is 1. The van der Waals surface area contributed by atoms with Crippen molar-refractivity contribution < 1.29 is 60.9 Å². The van der Waals surface area contributed by atoms with Crippen LogP contribution in [0, 0.1) is 35.5 Å². The Morgan fingerprint density at radius 3 is 2.32 bits per heavy atom. The number of carbonyl (C=O) groups is 4. The van der Waals surface area contributed by atoms with Crippen molar-refractivity contribution in [1.29, 1.82) is 0 Å². The van der Waals surface area contributed by atoms with Crippen molar-refractivity contribution >= 4 is 30.3 Å². The Morgan fingerprint density at radius 1 is 0.945 bits per heavy atom. The van der Waals surface area contributed by atoms with Gasteiger partial charge in [-0.05, 0) is 43.6 Å². The van der Waals surface area contributed by atoms with Gasteiger partial charge in [0, 0.05) is 84.7 Å². The van der Waals surface area contributed by atoms with Crippen molar-refractivity contribution in [3.8, 4) is 23.2 Å². The van der Waals surface area contributed by atoms with Gasteiger partial charge in [0.15, 0.2) is 11.4 Å². The van der Waals surface area contributed by atoms with Gasteiger partial charge in [-0.2, -0.15) is 0 Å². The maximum absolute atomic E-state index is 14.2. The van der Waals surface area contributed by atoms with Gasteiger partial charge < -0.3 is 58.0 Å². The smallest absolute Gasteiger partial charge is 0.404 e. The normalized spacial score (nSPS) is 24.6. The number of fused-ring (bicyclic) bond motifs is 8. The number of carbonyl (C=O) groups excluding carboxylic acids is 4. The Kier molecular flexibility index (Phi) is 22.0. The number of cyclic esters (lactones) is 1. The molecule has 4 N–H and O–H groups in total. The van der Waals surface area contributed by atoms with Crippen LogP contribution in [0.4, 0.5) is 4.79 Å².